The lowest BCUT2D eigenvalue weighted by molar-refractivity contribution is -0.142. The zero-order valence-electron chi connectivity index (χ0n) is 10.6. The highest BCUT2D eigenvalue weighted by Gasteiger charge is 2.23. The van der Waals surface area contributed by atoms with E-state index in [4.69, 9.17) is 5.11 Å². The number of carboxylic acids is 1. The van der Waals surface area contributed by atoms with Crippen molar-refractivity contribution in [2.24, 2.45) is 11.8 Å². The maximum absolute atomic E-state index is 13.3. The second kappa shape index (κ2) is 6.65. The van der Waals surface area contributed by atoms with Crippen molar-refractivity contribution < 1.29 is 19.1 Å². The van der Waals surface area contributed by atoms with E-state index in [9.17, 15) is 14.0 Å². The molecule has 1 atom stereocenters. The number of carbonyl (C=O) groups excluding carboxylic acids is 1. The molecule has 0 aliphatic rings. The third-order valence-corrected chi connectivity index (χ3v) is 3.61. The number of aliphatic carboxylic acids is 1. The second-order valence-electron chi connectivity index (χ2n) is 4.50. The van der Waals surface area contributed by atoms with Crippen molar-refractivity contribution in [3.8, 4) is 0 Å². The Bertz CT molecular complexity index is 491. The van der Waals surface area contributed by atoms with Gasteiger partial charge in [-0.3, -0.25) is 9.59 Å². The lowest BCUT2D eigenvalue weighted by atomic mass is 9.96. The molecule has 0 spiro atoms. The van der Waals surface area contributed by atoms with Crippen molar-refractivity contribution in [2.45, 2.75) is 13.8 Å². The van der Waals surface area contributed by atoms with Crippen LogP contribution in [0.5, 0.6) is 0 Å². The van der Waals surface area contributed by atoms with E-state index in [1.807, 2.05) is 0 Å². The summed E-state index contributed by atoms with van der Waals surface area (Å²) in [7, 11) is 0. The molecule has 104 valence electrons. The summed E-state index contributed by atoms with van der Waals surface area (Å²) in [6.07, 6.45) is 0. The topological polar surface area (TPSA) is 66.4 Å². The summed E-state index contributed by atoms with van der Waals surface area (Å²) in [6, 6.07) is 4.12. The normalized spacial score (nSPS) is 12.3. The smallest absolute Gasteiger partial charge is 0.308 e. The predicted molar refractivity (Wildman–Crippen MR) is 72.4 cm³/mol. The van der Waals surface area contributed by atoms with Crippen LogP contribution in [0.2, 0.25) is 0 Å². The van der Waals surface area contributed by atoms with Crippen molar-refractivity contribution >= 4 is 27.8 Å². The van der Waals surface area contributed by atoms with Crippen molar-refractivity contribution in [1.29, 1.82) is 0 Å². The van der Waals surface area contributed by atoms with E-state index >= 15 is 0 Å². The molecule has 0 heterocycles. The molecule has 1 unspecified atom stereocenters. The number of rotatable bonds is 5. The zero-order chi connectivity index (χ0) is 14.6. The maximum atomic E-state index is 13.3. The minimum Gasteiger partial charge on any atom is -0.481 e. The summed E-state index contributed by atoms with van der Waals surface area (Å²) >= 11 is 2.99. The molecule has 2 N–H and O–H groups in total. The van der Waals surface area contributed by atoms with Gasteiger partial charge in [0.1, 0.15) is 5.82 Å². The third kappa shape index (κ3) is 4.02. The Labute approximate surface area is 119 Å². The van der Waals surface area contributed by atoms with Crippen LogP contribution in [-0.2, 0) is 4.79 Å². The monoisotopic (exact) mass is 331 g/mol. The average molecular weight is 332 g/mol. The Morgan fingerprint density at radius 2 is 2.05 bits per heavy atom. The number of benzene rings is 1. The SMILES string of the molecule is CC(C)C(CNC(=O)c1cccc(F)c1Br)C(=O)O. The lowest BCUT2D eigenvalue weighted by Crippen LogP contribution is -2.35. The Morgan fingerprint density at radius 1 is 1.42 bits per heavy atom. The molecule has 0 saturated heterocycles. The van der Waals surface area contributed by atoms with Gasteiger partial charge in [-0.15, -0.1) is 0 Å². The molecular weight excluding hydrogens is 317 g/mol. The number of amides is 1. The summed E-state index contributed by atoms with van der Waals surface area (Å²) in [5.74, 6) is -2.77. The lowest BCUT2D eigenvalue weighted by Gasteiger charge is -2.17. The van der Waals surface area contributed by atoms with Gasteiger partial charge in [0.15, 0.2) is 0 Å². The number of carbonyl (C=O) groups is 2. The molecule has 1 aromatic carbocycles. The van der Waals surface area contributed by atoms with E-state index in [1.54, 1.807) is 13.8 Å². The number of nitrogens with one attached hydrogen (secondary N) is 1. The molecule has 0 aromatic heterocycles. The van der Waals surface area contributed by atoms with Gasteiger partial charge in [-0.2, -0.15) is 0 Å². The first kappa shape index (κ1) is 15.6. The molecule has 1 rings (SSSR count). The van der Waals surface area contributed by atoms with Crippen molar-refractivity contribution in [2.75, 3.05) is 6.54 Å². The summed E-state index contributed by atoms with van der Waals surface area (Å²) < 4.78 is 13.3. The van der Waals surface area contributed by atoms with Gasteiger partial charge in [-0.25, -0.2) is 4.39 Å². The molecule has 0 aliphatic heterocycles. The summed E-state index contributed by atoms with van der Waals surface area (Å²) in [5, 5.41) is 11.5. The third-order valence-electron chi connectivity index (χ3n) is 2.80. The first-order valence-corrected chi connectivity index (χ1v) is 6.59. The van der Waals surface area contributed by atoms with Crippen LogP contribution in [0.15, 0.2) is 22.7 Å². The maximum Gasteiger partial charge on any atom is 0.308 e. The van der Waals surface area contributed by atoms with Crippen LogP contribution >= 0.6 is 15.9 Å². The zero-order valence-corrected chi connectivity index (χ0v) is 12.2. The molecule has 1 amide bonds. The first-order valence-electron chi connectivity index (χ1n) is 5.79. The number of halogens is 2. The Hall–Kier alpha value is -1.43. The van der Waals surface area contributed by atoms with E-state index in [1.165, 1.54) is 18.2 Å². The second-order valence-corrected chi connectivity index (χ2v) is 5.29. The highest BCUT2D eigenvalue weighted by Crippen LogP contribution is 2.20. The Morgan fingerprint density at radius 3 is 2.58 bits per heavy atom. The quantitative estimate of drug-likeness (QED) is 0.871. The van der Waals surface area contributed by atoms with Gasteiger partial charge in [0.05, 0.1) is 16.0 Å². The van der Waals surface area contributed by atoms with Crippen molar-refractivity contribution in [1.82, 2.24) is 5.32 Å². The fourth-order valence-electron chi connectivity index (χ4n) is 1.59. The van der Waals surface area contributed by atoms with Gasteiger partial charge in [-0.05, 0) is 34.0 Å². The Kier molecular flexibility index (Phi) is 5.47. The minimum absolute atomic E-state index is 0.00872. The summed E-state index contributed by atoms with van der Waals surface area (Å²) in [6.45, 7) is 3.54. The van der Waals surface area contributed by atoms with Crippen LogP contribution in [0.1, 0.15) is 24.2 Å². The molecule has 1 aromatic rings. The predicted octanol–water partition coefficient (Wildman–Crippen LogP) is 2.67. The molecular formula is C13H15BrFNO3. The van der Waals surface area contributed by atoms with E-state index in [2.05, 4.69) is 21.2 Å². The van der Waals surface area contributed by atoms with Crippen LogP contribution in [-0.4, -0.2) is 23.5 Å². The molecule has 4 nitrogen and oxygen atoms in total. The van der Waals surface area contributed by atoms with Crippen molar-refractivity contribution in [3.05, 3.63) is 34.1 Å². The molecule has 19 heavy (non-hydrogen) atoms. The number of carboxylic acid groups (broad SMARTS) is 1. The van der Waals surface area contributed by atoms with Crippen LogP contribution in [0, 0.1) is 17.7 Å². The number of hydrogen-bond donors (Lipinski definition) is 2. The standard InChI is InChI=1S/C13H15BrFNO3/c1-7(2)9(13(18)19)6-16-12(17)8-4-3-5-10(15)11(8)14/h3-5,7,9H,6H2,1-2H3,(H,16,17)(H,18,19). The van der Waals surface area contributed by atoms with Gasteiger partial charge in [0.25, 0.3) is 5.91 Å². The molecule has 0 radical (unpaired) electrons. The van der Waals surface area contributed by atoms with E-state index in [-0.39, 0.29) is 22.5 Å². The molecule has 0 fully saturated rings. The van der Waals surface area contributed by atoms with Crippen LogP contribution in [0.25, 0.3) is 0 Å². The fourth-order valence-corrected chi connectivity index (χ4v) is 2.03. The first-order chi connectivity index (χ1) is 8.84. The van der Waals surface area contributed by atoms with Gasteiger partial charge >= 0.3 is 5.97 Å². The number of hydrogen-bond acceptors (Lipinski definition) is 2. The van der Waals surface area contributed by atoms with E-state index in [0.717, 1.165) is 0 Å². The van der Waals surface area contributed by atoms with Gasteiger partial charge < -0.3 is 10.4 Å². The van der Waals surface area contributed by atoms with Gasteiger partial charge in [0.2, 0.25) is 0 Å². The van der Waals surface area contributed by atoms with Gasteiger partial charge in [-0.1, -0.05) is 19.9 Å². The van der Waals surface area contributed by atoms with Crippen LogP contribution < -0.4 is 5.32 Å². The average Bonchev–Trinajstić information content (AvgIpc) is 2.31. The van der Waals surface area contributed by atoms with E-state index in [0.29, 0.717) is 0 Å². The minimum atomic E-state index is -0.964. The molecule has 0 saturated carbocycles. The van der Waals surface area contributed by atoms with Crippen LogP contribution in [0.3, 0.4) is 0 Å². The fraction of sp³-hybridized carbons (Fsp3) is 0.385. The highest BCUT2D eigenvalue weighted by molar-refractivity contribution is 9.10. The Balaban J connectivity index is 2.75. The van der Waals surface area contributed by atoms with Crippen LogP contribution in [0.4, 0.5) is 4.39 Å². The van der Waals surface area contributed by atoms with Crippen molar-refractivity contribution in [3.63, 3.8) is 0 Å². The molecule has 0 bridgehead atoms. The summed E-state index contributed by atoms with van der Waals surface area (Å²) in [5.41, 5.74) is 0.146. The summed E-state index contributed by atoms with van der Waals surface area (Å²) in [4.78, 5) is 22.9. The van der Waals surface area contributed by atoms with Gasteiger partial charge in [0, 0.05) is 6.54 Å². The highest BCUT2D eigenvalue weighted by atomic mass is 79.9. The van der Waals surface area contributed by atoms with E-state index < -0.39 is 23.6 Å². The molecule has 6 heteroatoms. The largest absolute Gasteiger partial charge is 0.481 e. The molecule has 0 aliphatic carbocycles.